The number of likely N-dealkylation sites (tertiary alicyclic amines) is 1. The van der Waals surface area contributed by atoms with Gasteiger partial charge in [-0.1, -0.05) is 18.2 Å². The number of rotatable bonds is 2. The summed E-state index contributed by atoms with van der Waals surface area (Å²) in [6.45, 7) is 4.44. The van der Waals surface area contributed by atoms with E-state index < -0.39 is 0 Å². The molecule has 1 aromatic carbocycles. The summed E-state index contributed by atoms with van der Waals surface area (Å²) >= 11 is 0. The molecule has 0 bridgehead atoms. The molecule has 4 rings (SSSR count). The minimum absolute atomic E-state index is 0.00743. The molecule has 1 aromatic rings. The van der Waals surface area contributed by atoms with Crippen molar-refractivity contribution in [3.8, 4) is 0 Å². The van der Waals surface area contributed by atoms with Crippen molar-refractivity contribution in [2.24, 2.45) is 5.41 Å². The van der Waals surface area contributed by atoms with Crippen molar-refractivity contribution in [1.82, 2.24) is 15.1 Å². The van der Waals surface area contributed by atoms with Gasteiger partial charge in [-0.2, -0.15) is 0 Å². The Morgan fingerprint density at radius 1 is 1.15 bits per heavy atom. The molecule has 26 heavy (non-hydrogen) atoms. The van der Waals surface area contributed by atoms with Crippen LogP contribution in [0.5, 0.6) is 0 Å². The first-order chi connectivity index (χ1) is 12.6. The maximum atomic E-state index is 13.1. The monoisotopic (exact) mass is 356 g/mol. The van der Waals surface area contributed by atoms with Crippen LogP contribution in [0.1, 0.15) is 19.3 Å². The number of hydrogen-bond acceptors (Lipinski definition) is 4. The lowest BCUT2D eigenvalue weighted by atomic mass is 9.77. The fraction of sp³-hybridized carbons (Fsp3) is 0.600. The predicted molar refractivity (Wildman–Crippen MR) is 101 cm³/mol. The number of hydrogen-bond donors (Lipinski definition) is 1. The molecule has 0 radical (unpaired) electrons. The number of carbonyl (C=O) groups is 2. The fourth-order valence-electron chi connectivity index (χ4n) is 4.82. The van der Waals surface area contributed by atoms with Gasteiger partial charge in [0.2, 0.25) is 11.8 Å². The van der Waals surface area contributed by atoms with E-state index in [1.807, 2.05) is 30.3 Å². The Labute approximate surface area is 155 Å². The molecule has 3 heterocycles. The maximum Gasteiger partial charge on any atom is 0.246 e. The number of piperidine rings is 1. The van der Waals surface area contributed by atoms with Gasteiger partial charge in [0.1, 0.15) is 6.54 Å². The lowest BCUT2D eigenvalue weighted by Crippen LogP contribution is -2.55. The normalized spacial score (nSPS) is 26.5. The number of piperazine rings is 1. The summed E-state index contributed by atoms with van der Waals surface area (Å²) in [6, 6.07) is 9.63. The summed E-state index contributed by atoms with van der Waals surface area (Å²) in [5.41, 5.74) is 1.19. The Kier molecular flexibility index (Phi) is 4.71. The van der Waals surface area contributed by atoms with Crippen LogP contribution in [-0.2, 0) is 9.59 Å². The first-order valence-electron chi connectivity index (χ1n) is 9.63. The zero-order valence-electron chi connectivity index (χ0n) is 15.5. The Morgan fingerprint density at radius 3 is 2.58 bits per heavy atom. The summed E-state index contributed by atoms with van der Waals surface area (Å²) in [5.74, 6) is 0.136. The summed E-state index contributed by atoms with van der Waals surface area (Å²) < 4.78 is 0. The molecule has 140 valence electrons. The van der Waals surface area contributed by atoms with E-state index in [4.69, 9.17) is 0 Å². The smallest absolute Gasteiger partial charge is 0.246 e. The third-order valence-electron chi connectivity index (χ3n) is 6.29. The first-order valence-corrected chi connectivity index (χ1v) is 9.63. The van der Waals surface area contributed by atoms with Crippen LogP contribution in [0.2, 0.25) is 0 Å². The highest BCUT2D eigenvalue weighted by molar-refractivity contribution is 5.98. The molecule has 3 fully saturated rings. The van der Waals surface area contributed by atoms with Crippen LogP contribution in [0.3, 0.4) is 0 Å². The molecule has 1 spiro atoms. The van der Waals surface area contributed by atoms with Gasteiger partial charge in [0.15, 0.2) is 0 Å². The van der Waals surface area contributed by atoms with Crippen molar-refractivity contribution in [1.29, 1.82) is 0 Å². The first kappa shape index (κ1) is 17.5. The second-order valence-electron chi connectivity index (χ2n) is 8.03. The molecule has 3 aliphatic heterocycles. The average molecular weight is 356 g/mol. The highest BCUT2D eigenvalue weighted by atomic mass is 16.2. The molecule has 0 aromatic heterocycles. The van der Waals surface area contributed by atoms with Crippen molar-refractivity contribution in [3.05, 3.63) is 30.3 Å². The van der Waals surface area contributed by atoms with Gasteiger partial charge in [0.05, 0.1) is 6.04 Å². The predicted octanol–water partition coefficient (Wildman–Crippen LogP) is 0.936. The zero-order valence-corrected chi connectivity index (χ0v) is 15.5. The average Bonchev–Trinajstić information content (AvgIpc) is 2.98. The van der Waals surface area contributed by atoms with Crippen LogP contribution < -0.4 is 10.2 Å². The van der Waals surface area contributed by atoms with Gasteiger partial charge in [-0.15, -0.1) is 0 Å². The fourth-order valence-corrected chi connectivity index (χ4v) is 4.82. The number of amides is 2. The Morgan fingerprint density at radius 2 is 1.88 bits per heavy atom. The minimum Gasteiger partial charge on any atom is -0.330 e. The van der Waals surface area contributed by atoms with Crippen LogP contribution in [0.4, 0.5) is 5.69 Å². The van der Waals surface area contributed by atoms with Crippen LogP contribution in [0.25, 0.3) is 0 Å². The van der Waals surface area contributed by atoms with Gasteiger partial charge in [0, 0.05) is 25.3 Å². The Bertz CT molecular complexity index is 672. The van der Waals surface area contributed by atoms with Gasteiger partial charge in [-0.25, -0.2) is 0 Å². The van der Waals surface area contributed by atoms with Gasteiger partial charge in [-0.3, -0.25) is 14.5 Å². The van der Waals surface area contributed by atoms with Crippen molar-refractivity contribution in [2.45, 2.75) is 25.3 Å². The van der Waals surface area contributed by atoms with E-state index in [9.17, 15) is 9.59 Å². The molecule has 0 unspecified atom stereocenters. The molecule has 6 heteroatoms. The van der Waals surface area contributed by atoms with E-state index in [-0.39, 0.29) is 29.8 Å². The van der Waals surface area contributed by atoms with Gasteiger partial charge < -0.3 is 15.1 Å². The quantitative estimate of drug-likeness (QED) is 0.857. The minimum atomic E-state index is -0.0795. The second-order valence-corrected chi connectivity index (χ2v) is 8.03. The number of para-hydroxylation sites is 1. The lowest BCUT2D eigenvalue weighted by molar-refractivity contribution is -0.140. The molecule has 6 nitrogen and oxygen atoms in total. The number of likely N-dealkylation sites (N-methyl/N-ethyl adjacent to an activating group) is 1. The number of nitrogens with zero attached hydrogens (tertiary/aromatic N) is 3. The third-order valence-corrected chi connectivity index (χ3v) is 6.29. The lowest BCUT2D eigenvalue weighted by Gasteiger charge is -2.36. The zero-order chi connectivity index (χ0) is 18.1. The largest absolute Gasteiger partial charge is 0.330 e. The molecule has 0 saturated carbocycles. The summed E-state index contributed by atoms with van der Waals surface area (Å²) in [4.78, 5) is 31.5. The second kappa shape index (κ2) is 7.00. The Balaban J connectivity index is 1.41. The van der Waals surface area contributed by atoms with E-state index in [0.717, 1.165) is 44.6 Å². The standard InChI is InChI=1S/C20H28N4O2/c1-22-15-20(7-9-21-10-8-20)13-17(22)19(26)23-11-12-24(18(25)14-23)16-5-3-2-4-6-16/h2-6,17,21H,7-15H2,1H3/t17-/m0/s1. The number of anilines is 1. The van der Waals surface area contributed by atoms with E-state index in [0.29, 0.717) is 13.1 Å². The SMILES string of the molecule is CN1CC2(CCNCC2)C[C@H]1C(=O)N1CCN(c2ccccc2)C(=O)C1. The molecule has 1 atom stereocenters. The van der Waals surface area contributed by atoms with Crippen molar-refractivity contribution in [2.75, 3.05) is 51.2 Å². The highest BCUT2D eigenvalue weighted by Crippen LogP contribution is 2.41. The van der Waals surface area contributed by atoms with Crippen molar-refractivity contribution in [3.63, 3.8) is 0 Å². The number of benzene rings is 1. The molecule has 0 aliphatic carbocycles. The molecular weight excluding hydrogens is 328 g/mol. The summed E-state index contributed by atoms with van der Waals surface area (Å²) in [7, 11) is 2.06. The van der Waals surface area contributed by atoms with Crippen LogP contribution in [0, 0.1) is 5.41 Å². The van der Waals surface area contributed by atoms with Gasteiger partial charge in [0.25, 0.3) is 0 Å². The van der Waals surface area contributed by atoms with Crippen molar-refractivity contribution < 1.29 is 9.59 Å². The maximum absolute atomic E-state index is 13.1. The summed E-state index contributed by atoms with van der Waals surface area (Å²) in [5, 5.41) is 3.42. The van der Waals surface area contributed by atoms with Crippen LogP contribution in [-0.4, -0.2) is 74.0 Å². The Hall–Kier alpha value is -1.92. The molecule has 1 N–H and O–H groups in total. The van der Waals surface area contributed by atoms with E-state index in [1.165, 1.54) is 0 Å². The molecule has 2 amide bonds. The van der Waals surface area contributed by atoms with E-state index in [2.05, 4.69) is 17.3 Å². The topological polar surface area (TPSA) is 55.9 Å². The number of carbonyl (C=O) groups excluding carboxylic acids is 2. The molecule has 3 aliphatic rings. The van der Waals surface area contributed by atoms with Crippen LogP contribution >= 0.6 is 0 Å². The van der Waals surface area contributed by atoms with Gasteiger partial charge in [-0.05, 0) is 56.9 Å². The van der Waals surface area contributed by atoms with Gasteiger partial charge >= 0.3 is 0 Å². The van der Waals surface area contributed by atoms with E-state index >= 15 is 0 Å². The van der Waals surface area contributed by atoms with E-state index in [1.54, 1.807) is 9.80 Å². The van der Waals surface area contributed by atoms with Crippen molar-refractivity contribution >= 4 is 17.5 Å². The summed E-state index contributed by atoms with van der Waals surface area (Å²) in [6.07, 6.45) is 3.21. The molecule has 3 saturated heterocycles. The van der Waals surface area contributed by atoms with Crippen LogP contribution in [0.15, 0.2) is 30.3 Å². The number of nitrogens with one attached hydrogen (secondary N) is 1. The molecular formula is C20H28N4O2. The third kappa shape index (κ3) is 3.23. The highest BCUT2D eigenvalue weighted by Gasteiger charge is 2.47.